The SMILES string of the molecule is CC(C)(C)[Si](C)(C)OCCN(Cc1ccccc1)c1ccc2c(-c3[nH]ncc3-c3cccc(Cl)c3)c[nH]c2n1. The molecule has 3 aromatic heterocycles. The lowest BCUT2D eigenvalue weighted by atomic mass is 10.0. The summed E-state index contributed by atoms with van der Waals surface area (Å²) >= 11 is 6.26. The molecule has 8 heteroatoms. The molecule has 0 aliphatic rings. The molecule has 0 unspecified atom stereocenters. The highest BCUT2D eigenvalue weighted by atomic mass is 35.5. The first-order valence-electron chi connectivity index (χ1n) is 13.3. The maximum absolute atomic E-state index is 6.53. The zero-order chi connectivity index (χ0) is 27.6. The van der Waals surface area contributed by atoms with Crippen molar-refractivity contribution in [3.05, 3.63) is 89.7 Å². The van der Waals surface area contributed by atoms with Crippen molar-refractivity contribution in [2.75, 3.05) is 18.1 Å². The van der Waals surface area contributed by atoms with Crippen LogP contribution < -0.4 is 4.90 Å². The van der Waals surface area contributed by atoms with E-state index in [1.165, 1.54) is 5.56 Å². The van der Waals surface area contributed by atoms with E-state index in [9.17, 15) is 0 Å². The van der Waals surface area contributed by atoms with Crippen molar-refractivity contribution in [2.45, 2.75) is 45.4 Å². The van der Waals surface area contributed by atoms with Crippen molar-refractivity contribution in [2.24, 2.45) is 0 Å². The van der Waals surface area contributed by atoms with Crippen molar-refractivity contribution < 1.29 is 4.43 Å². The topological polar surface area (TPSA) is 69.8 Å². The van der Waals surface area contributed by atoms with Gasteiger partial charge in [0.1, 0.15) is 11.5 Å². The van der Waals surface area contributed by atoms with Crippen LogP contribution in [0.15, 0.2) is 79.1 Å². The van der Waals surface area contributed by atoms with Gasteiger partial charge in [0.05, 0.1) is 18.5 Å². The Balaban J connectivity index is 1.44. The van der Waals surface area contributed by atoms with Gasteiger partial charge in [-0.15, -0.1) is 0 Å². The number of anilines is 1. The summed E-state index contributed by atoms with van der Waals surface area (Å²) in [5, 5.41) is 9.41. The van der Waals surface area contributed by atoms with Crippen LogP contribution in [0.3, 0.4) is 0 Å². The Bertz CT molecular complexity index is 1550. The number of pyridine rings is 1. The van der Waals surface area contributed by atoms with Gasteiger partial charge in [0.15, 0.2) is 8.32 Å². The number of nitrogens with zero attached hydrogens (tertiary/aromatic N) is 3. The quantitative estimate of drug-likeness (QED) is 0.179. The molecule has 0 aliphatic heterocycles. The van der Waals surface area contributed by atoms with E-state index in [4.69, 9.17) is 21.0 Å². The van der Waals surface area contributed by atoms with E-state index in [0.29, 0.717) is 11.6 Å². The monoisotopic (exact) mass is 557 g/mol. The molecule has 0 saturated heterocycles. The maximum atomic E-state index is 6.53. The molecule has 2 N–H and O–H groups in total. The van der Waals surface area contributed by atoms with Crippen LogP contribution in [0, 0.1) is 0 Å². The first-order valence-corrected chi connectivity index (χ1v) is 16.6. The number of aromatic amines is 2. The molecule has 0 fully saturated rings. The second-order valence-corrected chi connectivity index (χ2v) is 16.7. The van der Waals surface area contributed by atoms with Crippen molar-refractivity contribution in [1.82, 2.24) is 20.2 Å². The Labute approximate surface area is 236 Å². The molecule has 0 aliphatic carbocycles. The van der Waals surface area contributed by atoms with Gasteiger partial charge in [0, 0.05) is 40.8 Å². The van der Waals surface area contributed by atoms with E-state index in [-0.39, 0.29) is 5.04 Å². The Morgan fingerprint density at radius 1 is 0.974 bits per heavy atom. The largest absolute Gasteiger partial charge is 0.415 e. The molecule has 39 heavy (non-hydrogen) atoms. The van der Waals surface area contributed by atoms with E-state index >= 15 is 0 Å². The van der Waals surface area contributed by atoms with Crippen LogP contribution in [0.5, 0.6) is 0 Å². The third-order valence-electron chi connectivity index (χ3n) is 7.74. The Morgan fingerprint density at radius 2 is 1.77 bits per heavy atom. The fraction of sp³-hybridized carbons (Fsp3) is 0.290. The standard InChI is InChI=1S/C31H36ClN5OSi/c1-31(2,3)39(4,5)38-17-16-37(21-22-10-7-6-8-11-22)28-15-14-25-27(19-33-30(25)35-28)29-26(20-34-36-29)23-12-9-13-24(32)18-23/h6-15,18-20H,16-17,21H2,1-5H3,(H,33,35)(H,34,36). The molecule has 5 rings (SSSR count). The molecule has 2 aromatic carbocycles. The summed E-state index contributed by atoms with van der Waals surface area (Å²) in [5.74, 6) is 0.915. The Kier molecular flexibility index (Phi) is 7.67. The second kappa shape index (κ2) is 11.0. The predicted molar refractivity (Wildman–Crippen MR) is 165 cm³/mol. The molecule has 0 atom stereocenters. The third kappa shape index (κ3) is 5.95. The van der Waals surface area contributed by atoms with Crippen LogP contribution >= 0.6 is 11.6 Å². The lowest BCUT2D eigenvalue weighted by molar-refractivity contribution is 0.293. The lowest BCUT2D eigenvalue weighted by Crippen LogP contribution is -2.42. The summed E-state index contributed by atoms with van der Waals surface area (Å²) in [7, 11) is -1.84. The van der Waals surface area contributed by atoms with Gasteiger partial charge in [0.25, 0.3) is 0 Å². The summed E-state index contributed by atoms with van der Waals surface area (Å²) < 4.78 is 6.53. The molecule has 0 bridgehead atoms. The van der Waals surface area contributed by atoms with E-state index in [1.54, 1.807) is 0 Å². The highest BCUT2D eigenvalue weighted by molar-refractivity contribution is 6.74. The number of hydrogen-bond acceptors (Lipinski definition) is 4. The van der Waals surface area contributed by atoms with Gasteiger partial charge in [-0.3, -0.25) is 5.10 Å². The van der Waals surface area contributed by atoms with Gasteiger partial charge in [-0.05, 0) is 53.5 Å². The lowest BCUT2D eigenvalue weighted by Gasteiger charge is -2.37. The van der Waals surface area contributed by atoms with Crippen molar-refractivity contribution in [1.29, 1.82) is 0 Å². The van der Waals surface area contributed by atoms with Crippen molar-refractivity contribution in [3.63, 3.8) is 0 Å². The Hall–Kier alpha value is -3.39. The third-order valence-corrected chi connectivity index (χ3v) is 12.5. The van der Waals surface area contributed by atoms with E-state index in [2.05, 4.69) is 90.3 Å². The van der Waals surface area contributed by atoms with Crippen LogP contribution in [-0.2, 0) is 11.0 Å². The van der Waals surface area contributed by atoms with Gasteiger partial charge in [-0.2, -0.15) is 5.10 Å². The predicted octanol–water partition coefficient (Wildman–Crippen LogP) is 8.30. The minimum atomic E-state index is -1.84. The molecule has 0 spiro atoms. The molecule has 6 nitrogen and oxygen atoms in total. The van der Waals surface area contributed by atoms with E-state index in [1.807, 2.05) is 42.7 Å². The fourth-order valence-corrected chi connectivity index (χ4v) is 5.67. The molecular formula is C31H36ClN5OSi. The number of halogens is 1. The molecule has 3 heterocycles. The van der Waals surface area contributed by atoms with E-state index in [0.717, 1.165) is 52.3 Å². The van der Waals surface area contributed by atoms with Crippen LogP contribution in [0.4, 0.5) is 5.82 Å². The van der Waals surface area contributed by atoms with Gasteiger partial charge in [-0.1, -0.05) is 74.8 Å². The molecule has 0 amide bonds. The van der Waals surface area contributed by atoms with Crippen molar-refractivity contribution in [3.8, 4) is 22.4 Å². The number of benzene rings is 2. The van der Waals surface area contributed by atoms with Crippen molar-refractivity contribution >= 4 is 36.8 Å². The molecule has 5 aromatic rings. The highest BCUT2D eigenvalue weighted by Crippen LogP contribution is 2.37. The minimum Gasteiger partial charge on any atom is -0.415 e. The number of nitrogens with one attached hydrogen (secondary N) is 2. The molecule has 0 saturated carbocycles. The van der Waals surface area contributed by atoms with Crippen LogP contribution in [-0.4, -0.2) is 41.6 Å². The normalized spacial score (nSPS) is 12.3. The summed E-state index contributed by atoms with van der Waals surface area (Å²) in [5.41, 5.74) is 6.03. The smallest absolute Gasteiger partial charge is 0.192 e. The van der Waals surface area contributed by atoms with E-state index < -0.39 is 8.32 Å². The maximum Gasteiger partial charge on any atom is 0.192 e. The zero-order valence-electron chi connectivity index (χ0n) is 23.3. The minimum absolute atomic E-state index is 0.172. The molecule has 202 valence electrons. The average Bonchev–Trinajstić information content (AvgIpc) is 3.54. The molecular weight excluding hydrogens is 522 g/mol. The summed E-state index contributed by atoms with van der Waals surface area (Å²) in [6.07, 6.45) is 3.83. The number of fused-ring (bicyclic) bond motifs is 1. The van der Waals surface area contributed by atoms with Gasteiger partial charge in [-0.25, -0.2) is 4.98 Å². The number of hydrogen-bond donors (Lipinski definition) is 2. The van der Waals surface area contributed by atoms with Gasteiger partial charge in [0.2, 0.25) is 0 Å². The van der Waals surface area contributed by atoms with Crippen LogP contribution in [0.1, 0.15) is 26.3 Å². The summed E-state index contributed by atoms with van der Waals surface area (Å²) in [6, 6.07) is 22.6. The first kappa shape index (κ1) is 27.2. The average molecular weight is 558 g/mol. The van der Waals surface area contributed by atoms with Crippen LogP contribution in [0.2, 0.25) is 23.2 Å². The highest BCUT2D eigenvalue weighted by Gasteiger charge is 2.37. The first-order chi connectivity index (χ1) is 18.6. The summed E-state index contributed by atoms with van der Waals surface area (Å²) in [4.78, 5) is 10.7. The Morgan fingerprint density at radius 3 is 2.51 bits per heavy atom. The summed E-state index contributed by atoms with van der Waals surface area (Å²) in [6.45, 7) is 13.6. The van der Waals surface area contributed by atoms with Gasteiger partial charge < -0.3 is 14.3 Å². The zero-order valence-corrected chi connectivity index (χ0v) is 25.0. The number of H-pyrrole nitrogens is 2. The number of aromatic nitrogens is 4. The molecule has 0 radical (unpaired) electrons. The van der Waals surface area contributed by atoms with Crippen LogP contribution in [0.25, 0.3) is 33.4 Å². The number of rotatable bonds is 9. The fourth-order valence-electron chi connectivity index (χ4n) is 4.45. The van der Waals surface area contributed by atoms with Gasteiger partial charge >= 0.3 is 0 Å². The second-order valence-electron chi connectivity index (χ2n) is 11.5.